The molecule has 1 saturated heterocycles. The van der Waals surface area contributed by atoms with Crippen LogP contribution in [0, 0.1) is 5.92 Å². The molecule has 1 fully saturated rings. The van der Waals surface area contributed by atoms with E-state index in [9.17, 15) is 9.59 Å². The topological polar surface area (TPSA) is 50.3 Å². The van der Waals surface area contributed by atoms with Gasteiger partial charge in [-0.25, -0.2) is 0 Å². The van der Waals surface area contributed by atoms with Crippen molar-refractivity contribution >= 4 is 11.7 Å². The first-order valence-electron chi connectivity index (χ1n) is 5.32. The maximum absolute atomic E-state index is 12.0. The first-order valence-corrected chi connectivity index (χ1v) is 4.74. The number of Topliss-reactive ketones (excluding diaryl/α,β-unsaturated/α-hetero) is 1. The highest BCUT2D eigenvalue weighted by atomic mass is 16.2. The summed E-state index contributed by atoms with van der Waals surface area (Å²) in [6.45, 7) is -0.613. The fraction of sp³-hybridized carbons (Fsp3) is 0.364. The Kier molecular flexibility index (Phi) is 2.18. The average molecular weight is 205 g/mol. The van der Waals surface area contributed by atoms with Gasteiger partial charge in [0, 0.05) is 32.9 Å². The van der Waals surface area contributed by atoms with E-state index in [0.717, 1.165) is 0 Å². The van der Waals surface area contributed by atoms with Crippen molar-refractivity contribution in [1.82, 2.24) is 9.88 Å². The van der Waals surface area contributed by atoms with Gasteiger partial charge < -0.3 is 4.90 Å². The highest BCUT2D eigenvalue weighted by Crippen LogP contribution is 2.20. The third kappa shape index (κ3) is 1.75. The van der Waals surface area contributed by atoms with Gasteiger partial charge in [0.05, 0.1) is 0 Å². The summed E-state index contributed by atoms with van der Waals surface area (Å²) < 4.78 is 7.59. The molecule has 0 radical (unpaired) electrons. The van der Waals surface area contributed by atoms with Gasteiger partial charge in [-0.3, -0.25) is 14.6 Å². The molecule has 0 aliphatic carbocycles. The molecule has 15 heavy (non-hydrogen) atoms. The molecule has 2 heterocycles. The summed E-state index contributed by atoms with van der Waals surface area (Å²) in [4.78, 5) is 28.8. The largest absolute Gasteiger partial charge is 0.345 e. The van der Waals surface area contributed by atoms with Crippen molar-refractivity contribution in [3.05, 3.63) is 30.1 Å². The molecule has 2 rings (SSSR count). The van der Waals surface area contributed by atoms with Crippen LogP contribution in [-0.2, 0) is 4.79 Å². The maximum atomic E-state index is 12.0. The van der Waals surface area contributed by atoms with Crippen LogP contribution in [0.15, 0.2) is 24.5 Å². The SMILES string of the molecule is [2H]C1CC(C(=O)c2cccnc2)C(=O)N1C. The van der Waals surface area contributed by atoms with Crippen LogP contribution in [0.3, 0.4) is 0 Å². The zero-order chi connectivity index (χ0) is 11.7. The summed E-state index contributed by atoms with van der Waals surface area (Å²) in [6.07, 6.45) is 3.29. The van der Waals surface area contributed by atoms with E-state index in [4.69, 9.17) is 1.37 Å². The molecule has 2 atom stereocenters. The highest BCUT2D eigenvalue weighted by Gasteiger charge is 2.35. The smallest absolute Gasteiger partial charge is 0.233 e. The summed E-state index contributed by atoms with van der Waals surface area (Å²) in [5, 5.41) is 0. The van der Waals surface area contributed by atoms with Gasteiger partial charge in [0.1, 0.15) is 5.92 Å². The van der Waals surface area contributed by atoms with Gasteiger partial charge in [-0.15, -0.1) is 0 Å². The van der Waals surface area contributed by atoms with Crippen molar-refractivity contribution < 1.29 is 11.0 Å². The van der Waals surface area contributed by atoms with E-state index >= 15 is 0 Å². The van der Waals surface area contributed by atoms with Gasteiger partial charge in [0.2, 0.25) is 5.91 Å². The van der Waals surface area contributed by atoms with Crippen LogP contribution in [0.4, 0.5) is 0 Å². The maximum Gasteiger partial charge on any atom is 0.233 e. The average Bonchev–Trinajstić information content (AvgIpc) is 2.57. The number of ketones is 1. The Balaban J connectivity index is 2.22. The second-order valence-electron chi connectivity index (χ2n) is 3.53. The molecule has 4 heteroatoms. The Hall–Kier alpha value is -1.71. The van der Waals surface area contributed by atoms with E-state index in [1.807, 2.05) is 0 Å². The van der Waals surface area contributed by atoms with Gasteiger partial charge in [-0.2, -0.15) is 0 Å². The van der Waals surface area contributed by atoms with E-state index in [-0.39, 0.29) is 18.1 Å². The number of carbonyl (C=O) groups is 2. The van der Waals surface area contributed by atoms with Gasteiger partial charge in [0.25, 0.3) is 0 Å². The molecule has 1 amide bonds. The number of rotatable bonds is 2. The number of nitrogens with zero attached hydrogens (tertiary/aromatic N) is 2. The zero-order valence-corrected chi connectivity index (χ0v) is 8.38. The second kappa shape index (κ2) is 3.81. The van der Waals surface area contributed by atoms with Crippen LogP contribution in [0.5, 0.6) is 0 Å². The Labute approximate surface area is 89.3 Å². The molecule has 0 aromatic carbocycles. The number of carbonyl (C=O) groups excluding carboxylic acids is 2. The van der Waals surface area contributed by atoms with Gasteiger partial charge in [-0.1, -0.05) is 0 Å². The summed E-state index contributed by atoms with van der Waals surface area (Å²) in [5.41, 5.74) is 0.434. The van der Waals surface area contributed by atoms with Gasteiger partial charge in [-0.05, 0) is 18.6 Å². The molecule has 1 aliphatic rings. The standard InChI is InChI=1S/C11H12N2O2/c1-13-6-4-9(11(13)15)10(14)8-3-2-5-12-7-8/h2-3,5,7,9H,4,6H2,1H3/i6D. The van der Waals surface area contributed by atoms with Crippen molar-refractivity contribution in [3.8, 4) is 0 Å². The number of amides is 1. The highest BCUT2D eigenvalue weighted by molar-refractivity contribution is 6.10. The van der Waals surface area contributed by atoms with Crippen molar-refractivity contribution in [1.29, 1.82) is 0 Å². The van der Waals surface area contributed by atoms with E-state index in [1.54, 1.807) is 25.4 Å². The Bertz CT molecular complexity index is 421. The normalized spacial score (nSPS) is 26.6. The first kappa shape index (κ1) is 8.59. The molecule has 1 aliphatic heterocycles. The molecule has 0 spiro atoms. The zero-order valence-electron chi connectivity index (χ0n) is 9.38. The predicted molar refractivity (Wildman–Crippen MR) is 54.3 cm³/mol. The lowest BCUT2D eigenvalue weighted by atomic mass is 9.97. The van der Waals surface area contributed by atoms with Crippen molar-refractivity contribution in [3.63, 3.8) is 0 Å². The fourth-order valence-corrected chi connectivity index (χ4v) is 1.63. The minimum Gasteiger partial charge on any atom is -0.345 e. The van der Waals surface area contributed by atoms with Crippen LogP contribution in [-0.4, -0.2) is 35.1 Å². The molecule has 78 valence electrons. The number of hydrogen-bond acceptors (Lipinski definition) is 3. The molecule has 0 saturated carbocycles. The molecule has 0 bridgehead atoms. The van der Waals surface area contributed by atoms with Crippen molar-refractivity contribution in [2.24, 2.45) is 5.92 Å². The number of pyridine rings is 1. The molecule has 0 N–H and O–H groups in total. The van der Waals surface area contributed by atoms with E-state index in [0.29, 0.717) is 5.56 Å². The van der Waals surface area contributed by atoms with Crippen molar-refractivity contribution in [2.45, 2.75) is 6.42 Å². The molecule has 4 nitrogen and oxygen atoms in total. The van der Waals surface area contributed by atoms with Crippen LogP contribution >= 0.6 is 0 Å². The first-order chi connectivity index (χ1) is 7.61. The molecular weight excluding hydrogens is 192 g/mol. The van der Waals surface area contributed by atoms with Gasteiger partial charge in [0.15, 0.2) is 5.78 Å². The lowest BCUT2D eigenvalue weighted by Crippen LogP contribution is -2.27. The predicted octanol–water partition coefficient (Wildman–Crippen LogP) is 0.743. The van der Waals surface area contributed by atoms with E-state index < -0.39 is 12.4 Å². The summed E-state index contributed by atoms with van der Waals surface area (Å²) >= 11 is 0. The number of aromatic nitrogens is 1. The quantitative estimate of drug-likeness (QED) is 0.528. The Morgan fingerprint density at radius 1 is 1.73 bits per heavy atom. The van der Waals surface area contributed by atoms with Crippen LogP contribution in [0.2, 0.25) is 0 Å². The van der Waals surface area contributed by atoms with E-state index in [1.165, 1.54) is 11.1 Å². The minimum absolute atomic E-state index is 0.236. The molecule has 2 unspecified atom stereocenters. The number of likely N-dealkylation sites (tertiary alicyclic amines) is 1. The second-order valence-corrected chi connectivity index (χ2v) is 3.53. The fourth-order valence-electron chi connectivity index (χ4n) is 1.63. The Morgan fingerprint density at radius 2 is 2.53 bits per heavy atom. The lowest BCUT2D eigenvalue weighted by Gasteiger charge is -2.08. The third-order valence-corrected chi connectivity index (χ3v) is 2.52. The van der Waals surface area contributed by atoms with Crippen molar-refractivity contribution in [2.75, 3.05) is 13.6 Å². The molecule has 1 aromatic heterocycles. The number of hydrogen-bond donors (Lipinski definition) is 0. The molecule has 1 aromatic rings. The lowest BCUT2D eigenvalue weighted by molar-refractivity contribution is -0.128. The van der Waals surface area contributed by atoms with Crippen LogP contribution in [0.25, 0.3) is 0 Å². The van der Waals surface area contributed by atoms with Gasteiger partial charge >= 0.3 is 0 Å². The van der Waals surface area contributed by atoms with Crippen LogP contribution < -0.4 is 0 Å². The Morgan fingerprint density at radius 3 is 3.07 bits per heavy atom. The summed E-state index contributed by atoms with van der Waals surface area (Å²) in [5.74, 6) is -1.22. The monoisotopic (exact) mass is 205 g/mol. The third-order valence-electron chi connectivity index (χ3n) is 2.52. The minimum atomic E-state index is -0.711. The van der Waals surface area contributed by atoms with E-state index in [2.05, 4.69) is 4.98 Å². The molecular formula is C11H12N2O2. The van der Waals surface area contributed by atoms with Crippen LogP contribution in [0.1, 0.15) is 18.1 Å². The summed E-state index contributed by atoms with van der Waals surface area (Å²) in [6, 6.07) is 3.30. The summed E-state index contributed by atoms with van der Waals surface area (Å²) in [7, 11) is 1.55.